The van der Waals surface area contributed by atoms with Gasteiger partial charge in [-0.15, -0.1) is 11.3 Å². The number of nitrogens with zero attached hydrogens (tertiary/aromatic N) is 5. The van der Waals surface area contributed by atoms with Gasteiger partial charge < -0.3 is 4.42 Å². The van der Waals surface area contributed by atoms with Gasteiger partial charge in [0.15, 0.2) is 23.3 Å². The first kappa shape index (κ1) is 32.1. The van der Waals surface area contributed by atoms with Gasteiger partial charge in [0.25, 0.3) is 0 Å². The Balaban J connectivity index is 1.07. The topological polar surface area (TPSA) is 77.6 Å². The Morgan fingerprint density at radius 1 is 0.375 bits per heavy atom. The molecule has 56 heavy (non-hydrogen) atoms. The van der Waals surface area contributed by atoms with Crippen LogP contribution in [0.15, 0.2) is 180 Å². The van der Waals surface area contributed by atoms with E-state index in [2.05, 4.69) is 91.0 Å². The van der Waals surface area contributed by atoms with Gasteiger partial charge in [-0.1, -0.05) is 146 Å². The van der Waals surface area contributed by atoms with Crippen LogP contribution in [0.1, 0.15) is 0 Å². The number of thiophene rings is 1. The molecule has 0 radical (unpaired) electrons. The van der Waals surface area contributed by atoms with Gasteiger partial charge in [0, 0.05) is 48.7 Å². The molecule has 4 heterocycles. The molecule has 4 aromatic heterocycles. The molecular weight excluding hydrogens is 707 g/mol. The monoisotopic (exact) mass is 735 g/mol. The molecule has 6 nitrogen and oxygen atoms in total. The van der Waals surface area contributed by atoms with E-state index < -0.39 is 0 Å². The number of rotatable bonds is 6. The van der Waals surface area contributed by atoms with Crippen LogP contribution in [0.25, 0.3) is 110 Å². The van der Waals surface area contributed by atoms with Crippen LogP contribution in [0.3, 0.4) is 0 Å². The largest absolute Gasteiger partial charge is 0.456 e. The Bertz CT molecular complexity index is 3250. The predicted molar refractivity (Wildman–Crippen MR) is 228 cm³/mol. The molecular formula is C49H29N5OS. The van der Waals surface area contributed by atoms with Crippen molar-refractivity contribution in [2.45, 2.75) is 0 Å². The molecule has 0 aliphatic carbocycles. The van der Waals surface area contributed by atoms with Crippen molar-refractivity contribution in [3.05, 3.63) is 176 Å². The van der Waals surface area contributed by atoms with Crippen molar-refractivity contribution >= 4 is 53.6 Å². The van der Waals surface area contributed by atoms with Crippen molar-refractivity contribution < 1.29 is 4.42 Å². The van der Waals surface area contributed by atoms with Gasteiger partial charge in [0.1, 0.15) is 11.2 Å². The number of benzene rings is 7. The highest BCUT2D eigenvalue weighted by Gasteiger charge is 2.21. The van der Waals surface area contributed by atoms with E-state index in [1.807, 2.05) is 84.9 Å². The third-order valence-corrected chi connectivity index (χ3v) is 11.3. The minimum atomic E-state index is 0.562. The van der Waals surface area contributed by atoms with Crippen molar-refractivity contribution in [2.75, 3.05) is 0 Å². The summed E-state index contributed by atoms with van der Waals surface area (Å²) in [5, 5.41) is 3.05. The molecule has 0 spiro atoms. The smallest absolute Gasteiger partial charge is 0.164 e. The highest BCUT2D eigenvalue weighted by molar-refractivity contribution is 7.26. The number of furan rings is 1. The molecule has 0 saturated heterocycles. The molecule has 0 amide bonds. The van der Waals surface area contributed by atoms with E-state index in [9.17, 15) is 0 Å². The summed E-state index contributed by atoms with van der Waals surface area (Å²) in [4.78, 5) is 25.6. The van der Waals surface area contributed by atoms with Crippen LogP contribution in [0.4, 0.5) is 0 Å². The molecule has 0 atom stereocenters. The Hall–Kier alpha value is -7.35. The van der Waals surface area contributed by atoms with Crippen LogP contribution < -0.4 is 0 Å². The van der Waals surface area contributed by atoms with Gasteiger partial charge in [0.2, 0.25) is 0 Å². The summed E-state index contributed by atoms with van der Waals surface area (Å²) in [6.45, 7) is 0. The Kier molecular flexibility index (Phi) is 7.57. The average Bonchev–Trinajstić information content (AvgIpc) is 3.85. The lowest BCUT2D eigenvalue weighted by atomic mass is 10.0. The summed E-state index contributed by atoms with van der Waals surface area (Å²) in [7, 11) is 0. The highest BCUT2D eigenvalue weighted by atomic mass is 32.1. The molecule has 0 N–H and O–H groups in total. The van der Waals surface area contributed by atoms with Gasteiger partial charge in [-0.05, 0) is 41.5 Å². The van der Waals surface area contributed by atoms with E-state index in [-0.39, 0.29) is 0 Å². The molecule has 0 saturated carbocycles. The molecule has 7 aromatic carbocycles. The summed E-state index contributed by atoms with van der Waals surface area (Å²) >= 11 is 1.73. The Morgan fingerprint density at radius 3 is 1.75 bits per heavy atom. The van der Waals surface area contributed by atoms with Crippen molar-refractivity contribution in [2.24, 2.45) is 0 Å². The molecule has 0 aliphatic heterocycles. The van der Waals surface area contributed by atoms with Crippen LogP contribution in [0.5, 0.6) is 0 Å². The predicted octanol–water partition coefficient (Wildman–Crippen LogP) is 12.9. The van der Waals surface area contributed by atoms with Crippen LogP contribution in [-0.2, 0) is 0 Å². The molecule has 0 unspecified atom stereocenters. The summed E-state index contributed by atoms with van der Waals surface area (Å²) in [5.74, 6) is 2.42. The second-order valence-electron chi connectivity index (χ2n) is 13.6. The van der Waals surface area contributed by atoms with Gasteiger partial charge in [-0.25, -0.2) is 24.9 Å². The minimum Gasteiger partial charge on any atom is -0.456 e. The zero-order valence-electron chi connectivity index (χ0n) is 29.8. The van der Waals surface area contributed by atoms with Crippen molar-refractivity contribution in [3.63, 3.8) is 0 Å². The maximum atomic E-state index is 6.60. The van der Waals surface area contributed by atoms with E-state index in [1.54, 1.807) is 11.3 Å². The fraction of sp³-hybridized carbons (Fsp3) is 0. The van der Waals surface area contributed by atoms with Crippen molar-refractivity contribution in [3.8, 4) is 67.9 Å². The molecule has 0 fully saturated rings. The van der Waals surface area contributed by atoms with E-state index in [1.165, 1.54) is 4.70 Å². The zero-order chi connectivity index (χ0) is 37.0. The number of hydrogen-bond donors (Lipinski definition) is 0. The first-order chi connectivity index (χ1) is 27.7. The van der Waals surface area contributed by atoms with Gasteiger partial charge in [-0.3, -0.25) is 0 Å². The van der Waals surface area contributed by atoms with Gasteiger partial charge in [-0.2, -0.15) is 0 Å². The van der Waals surface area contributed by atoms with Crippen molar-refractivity contribution in [1.29, 1.82) is 0 Å². The fourth-order valence-corrected chi connectivity index (χ4v) is 8.63. The Morgan fingerprint density at radius 2 is 0.982 bits per heavy atom. The number of aromatic nitrogens is 5. The van der Waals surface area contributed by atoms with Crippen LogP contribution in [-0.4, -0.2) is 24.9 Å². The SMILES string of the molecule is c1ccc(-c2cccc(-c3nc(-c4ccccc4)nc(-c4ccc5c(c4)oc4cccc(-c6nc(-c7ccccc7)c7sc8ccccc8c7n6)c45)n3)c2)cc1. The zero-order valence-corrected chi connectivity index (χ0v) is 30.6. The lowest BCUT2D eigenvalue weighted by Gasteiger charge is -2.10. The van der Waals surface area contributed by atoms with Gasteiger partial charge in [0.05, 0.1) is 15.9 Å². The first-order valence-electron chi connectivity index (χ1n) is 18.4. The fourth-order valence-electron chi connectivity index (χ4n) is 7.47. The van der Waals surface area contributed by atoms with Crippen LogP contribution in [0.2, 0.25) is 0 Å². The van der Waals surface area contributed by atoms with Gasteiger partial charge >= 0.3 is 0 Å². The highest BCUT2D eigenvalue weighted by Crippen LogP contribution is 2.42. The van der Waals surface area contributed by atoms with Crippen LogP contribution in [0, 0.1) is 0 Å². The van der Waals surface area contributed by atoms with E-state index >= 15 is 0 Å². The molecule has 0 bridgehead atoms. The molecule has 11 aromatic rings. The lowest BCUT2D eigenvalue weighted by Crippen LogP contribution is -2.00. The molecule has 7 heteroatoms. The average molecular weight is 736 g/mol. The summed E-state index contributed by atoms with van der Waals surface area (Å²) in [6.07, 6.45) is 0. The summed E-state index contributed by atoms with van der Waals surface area (Å²) in [6, 6.07) is 59.8. The minimum absolute atomic E-state index is 0.562. The second-order valence-corrected chi connectivity index (χ2v) is 14.7. The molecule has 11 rings (SSSR count). The maximum Gasteiger partial charge on any atom is 0.164 e. The van der Waals surface area contributed by atoms with E-state index in [0.717, 1.165) is 82.2 Å². The quantitative estimate of drug-likeness (QED) is 0.169. The van der Waals surface area contributed by atoms with Crippen molar-refractivity contribution in [1.82, 2.24) is 24.9 Å². The second kappa shape index (κ2) is 13.2. The van der Waals surface area contributed by atoms with E-state index in [4.69, 9.17) is 29.3 Å². The summed E-state index contributed by atoms with van der Waals surface area (Å²) in [5.41, 5.74) is 10.2. The maximum absolute atomic E-state index is 6.60. The third kappa shape index (κ3) is 5.52. The normalized spacial score (nSPS) is 11.6. The van der Waals surface area contributed by atoms with E-state index in [0.29, 0.717) is 23.3 Å². The first-order valence-corrected chi connectivity index (χ1v) is 19.2. The Labute approximate surface area is 325 Å². The lowest BCUT2D eigenvalue weighted by molar-refractivity contribution is 0.669. The van der Waals surface area contributed by atoms with Crippen LogP contribution >= 0.6 is 11.3 Å². The molecule has 262 valence electrons. The standard InChI is InChI=1S/C49H29N5OS/c1-4-14-30(15-5-1)33-20-12-21-34(28-33)47-52-46(32-18-8-3-9-19-32)53-48(54-47)35-26-27-36-40(29-35)55-39-24-13-23-38(42(36)39)49-50-43(31-16-6-2-7-17-31)45-44(51-49)37-22-10-11-25-41(37)56-45/h1-29H. The molecule has 0 aliphatic rings. The number of hydrogen-bond acceptors (Lipinski definition) is 7. The summed E-state index contributed by atoms with van der Waals surface area (Å²) < 4.78 is 8.87. The third-order valence-electron chi connectivity index (χ3n) is 10.2. The number of fused-ring (bicyclic) bond motifs is 6.